The SMILES string of the molecule is COC(=O)/C=C(/N)c1cccc(F)c1. The smallest absolute Gasteiger partial charge is 0.332 e. The van der Waals surface area contributed by atoms with Crippen LogP contribution in [0.5, 0.6) is 0 Å². The number of carbonyl (C=O) groups is 1. The van der Waals surface area contributed by atoms with Gasteiger partial charge in [0.05, 0.1) is 7.11 Å². The summed E-state index contributed by atoms with van der Waals surface area (Å²) in [6.45, 7) is 0. The van der Waals surface area contributed by atoms with Gasteiger partial charge in [0, 0.05) is 17.3 Å². The van der Waals surface area contributed by atoms with Crippen molar-refractivity contribution in [2.75, 3.05) is 7.11 Å². The summed E-state index contributed by atoms with van der Waals surface area (Å²) in [5.74, 6) is -0.963. The number of methoxy groups -OCH3 is 1. The topological polar surface area (TPSA) is 52.3 Å². The van der Waals surface area contributed by atoms with Crippen molar-refractivity contribution in [1.82, 2.24) is 0 Å². The van der Waals surface area contributed by atoms with E-state index in [0.717, 1.165) is 6.08 Å². The van der Waals surface area contributed by atoms with Crippen molar-refractivity contribution in [3.63, 3.8) is 0 Å². The number of carbonyl (C=O) groups excluding carboxylic acids is 1. The van der Waals surface area contributed by atoms with Gasteiger partial charge < -0.3 is 10.5 Å². The lowest BCUT2D eigenvalue weighted by molar-refractivity contribution is -0.134. The summed E-state index contributed by atoms with van der Waals surface area (Å²) in [4.78, 5) is 10.8. The lowest BCUT2D eigenvalue weighted by atomic mass is 10.1. The second-order valence-electron chi connectivity index (χ2n) is 2.63. The minimum absolute atomic E-state index is 0.177. The number of ether oxygens (including phenoxy) is 1. The van der Waals surface area contributed by atoms with E-state index >= 15 is 0 Å². The zero-order chi connectivity index (χ0) is 10.6. The number of hydrogen-bond acceptors (Lipinski definition) is 3. The summed E-state index contributed by atoms with van der Waals surface area (Å²) in [5, 5.41) is 0. The quantitative estimate of drug-likeness (QED) is 0.571. The highest BCUT2D eigenvalue weighted by atomic mass is 19.1. The molecule has 1 aromatic carbocycles. The molecule has 0 fully saturated rings. The van der Waals surface area contributed by atoms with E-state index in [-0.39, 0.29) is 5.70 Å². The van der Waals surface area contributed by atoms with E-state index in [1.807, 2.05) is 0 Å². The molecule has 0 amide bonds. The molecule has 0 aromatic heterocycles. The summed E-state index contributed by atoms with van der Waals surface area (Å²) in [6, 6.07) is 5.67. The molecule has 0 aliphatic heterocycles. The van der Waals surface area contributed by atoms with E-state index in [9.17, 15) is 9.18 Å². The first-order valence-electron chi connectivity index (χ1n) is 3.94. The molecule has 0 bridgehead atoms. The van der Waals surface area contributed by atoms with Crippen LogP contribution in [0.1, 0.15) is 5.56 Å². The highest BCUT2D eigenvalue weighted by Gasteiger charge is 2.01. The second-order valence-corrected chi connectivity index (χ2v) is 2.63. The average Bonchev–Trinajstić information content (AvgIpc) is 2.17. The van der Waals surface area contributed by atoms with Crippen LogP contribution in [0.3, 0.4) is 0 Å². The molecule has 0 heterocycles. The van der Waals surface area contributed by atoms with Gasteiger partial charge in [-0.05, 0) is 12.1 Å². The first-order chi connectivity index (χ1) is 6.63. The molecule has 0 radical (unpaired) electrons. The van der Waals surface area contributed by atoms with Crippen molar-refractivity contribution < 1.29 is 13.9 Å². The van der Waals surface area contributed by atoms with Gasteiger partial charge in [-0.25, -0.2) is 9.18 Å². The molecule has 0 atom stereocenters. The van der Waals surface area contributed by atoms with Gasteiger partial charge in [-0.15, -0.1) is 0 Å². The normalized spacial score (nSPS) is 11.1. The second kappa shape index (κ2) is 4.41. The summed E-state index contributed by atoms with van der Waals surface area (Å²) in [7, 11) is 1.25. The Morgan fingerprint density at radius 2 is 2.29 bits per heavy atom. The van der Waals surface area contributed by atoms with Crippen molar-refractivity contribution in [3.8, 4) is 0 Å². The molecule has 4 heteroatoms. The van der Waals surface area contributed by atoms with Gasteiger partial charge in [0.2, 0.25) is 0 Å². The molecule has 74 valence electrons. The highest BCUT2D eigenvalue weighted by Crippen LogP contribution is 2.10. The van der Waals surface area contributed by atoms with Gasteiger partial charge in [-0.1, -0.05) is 12.1 Å². The molecule has 1 aromatic rings. The van der Waals surface area contributed by atoms with Crippen LogP contribution in [-0.4, -0.2) is 13.1 Å². The van der Waals surface area contributed by atoms with Gasteiger partial charge in [0.15, 0.2) is 0 Å². The molecule has 2 N–H and O–H groups in total. The van der Waals surface area contributed by atoms with Crippen LogP contribution >= 0.6 is 0 Å². The van der Waals surface area contributed by atoms with Gasteiger partial charge in [-0.2, -0.15) is 0 Å². The predicted molar refractivity (Wildman–Crippen MR) is 50.6 cm³/mol. The van der Waals surface area contributed by atoms with E-state index in [4.69, 9.17) is 5.73 Å². The molecule has 0 aliphatic carbocycles. The van der Waals surface area contributed by atoms with Crippen molar-refractivity contribution in [2.24, 2.45) is 5.73 Å². The number of esters is 1. The minimum Gasteiger partial charge on any atom is -0.466 e. The third-order valence-corrected chi connectivity index (χ3v) is 1.63. The Morgan fingerprint density at radius 1 is 1.57 bits per heavy atom. The Bertz CT molecular complexity index is 374. The lowest BCUT2D eigenvalue weighted by Gasteiger charge is -2.00. The number of nitrogens with two attached hydrogens (primary N) is 1. The van der Waals surface area contributed by atoms with E-state index in [0.29, 0.717) is 5.56 Å². The standard InChI is InChI=1S/C10H10FNO2/c1-14-10(13)6-9(12)7-3-2-4-8(11)5-7/h2-6H,12H2,1H3/b9-6+. The number of halogens is 1. The Hall–Kier alpha value is -1.84. The largest absolute Gasteiger partial charge is 0.466 e. The molecular weight excluding hydrogens is 185 g/mol. The fraction of sp³-hybridized carbons (Fsp3) is 0.100. The Kier molecular flexibility index (Phi) is 3.23. The highest BCUT2D eigenvalue weighted by molar-refractivity contribution is 5.90. The molecule has 1 rings (SSSR count). The van der Waals surface area contributed by atoms with Crippen LogP contribution < -0.4 is 5.73 Å². The van der Waals surface area contributed by atoms with Crippen LogP contribution in [0.15, 0.2) is 30.3 Å². The summed E-state index contributed by atoms with van der Waals surface area (Å²) < 4.78 is 17.1. The summed E-state index contributed by atoms with van der Waals surface area (Å²) in [6.07, 6.45) is 1.11. The third kappa shape index (κ3) is 2.58. The Labute approximate surface area is 81.0 Å². The number of hydrogen-bond donors (Lipinski definition) is 1. The van der Waals surface area contributed by atoms with Gasteiger partial charge in [-0.3, -0.25) is 0 Å². The Balaban J connectivity index is 2.94. The molecule has 3 nitrogen and oxygen atoms in total. The van der Waals surface area contributed by atoms with Crippen LogP contribution in [0.2, 0.25) is 0 Å². The first kappa shape index (κ1) is 10.2. The first-order valence-corrected chi connectivity index (χ1v) is 3.94. The maximum absolute atomic E-state index is 12.7. The molecule has 14 heavy (non-hydrogen) atoms. The summed E-state index contributed by atoms with van der Waals surface area (Å²) >= 11 is 0. The maximum atomic E-state index is 12.7. The number of rotatable bonds is 2. The molecular formula is C10H10FNO2. The van der Waals surface area contributed by atoms with E-state index in [1.54, 1.807) is 6.07 Å². The summed E-state index contributed by atoms with van der Waals surface area (Å²) in [5.41, 5.74) is 6.17. The fourth-order valence-electron chi connectivity index (χ4n) is 0.937. The lowest BCUT2D eigenvalue weighted by Crippen LogP contribution is -2.03. The maximum Gasteiger partial charge on any atom is 0.332 e. The average molecular weight is 195 g/mol. The van der Waals surface area contributed by atoms with Gasteiger partial charge in [0.1, 0.15) is 5.82 Å². The molecule has 0 spiro atoms. The van der Waals surface area contributed by atoms with Crippen LogP contribution in [0, 0.1) is 5.82 Å². The van der Waals surface area contributed by atoms with Gasteiger partial charge in [0.25, 0.3) is 0 Å². The minimum atomic E-state index is -0.563. The Morgan fingerprint density at radius 3 is 2.86 bits per heavy atom. The third-order valence-electron chi connectivity index (χ3n) is 1.63. The van der Waals surface area contributed by atoms with Crippen LogP contribution in [0.25, 0.3) is 5.70 Å². The van der Waals surface area contributed by atoms with Crippen LogP contribution in [-0.2, 0) is 9.53 Å². The van der Waals surface area contributed by atoms with E-state index in [1.165, 1.54) is 25.3 Å². The van der Waals surface area contributed by atoms with Crippen molar-refractivity contribution in [2.45, 2.75) is 0 Å². The van der Waals surface area contributed by atoms with Crippen molar-refractivity contribution in [1.29, 1.82) is 0 Å². The molecule has 0 saturated heterocycles. The fourth-order valence-corrected chi connectivity index (χ4v) is 0.937. The van der Waals surface area contributed by atoms with Crippen molar-refractivity contribution >= 4 is 11.7 Å². The predicted octanol–water partition coefficient (Wildman–Crippen LogP) is 1.30. The molecule has 0 aliphatic rings. The molecule has 0 unspecified atom stereocenters. The van der Waals surface area contributed by atoms with E-state index in [2.05, 4.69) is 4.74 Å². The number of benzene rings is 1. The zero-order valence-electron chi connectivity index (χ0n) is 7.66. The van der Waals surface area contributed by atoms with Crippen molar-refractivity contribution in [3.05, 3.63) is 41.7 Å². The van der Waals surface area contributed by atoms with Gasteiger partial charge >= 0.3 is 5.97 Å². The van der Waals surface area contributed by atoms with Crippen LogP contribution in [0.4, 0.5) is 4.39 Å². The molecule has 0 saturated carbocycles. The zero-order valence-corrected chi connectivity index (χ0v) is 7.66. The van der Waals surface area contributed by atoms with E-state index < -0.39 is 11.8 Å². The monoisotopic (exact) mass is 195 g/mol.